The summed E-state index contributed by atoms with van der Waals surface area (Å²) in [5.74, 6) is -0.0593. The molecule has 0 fully saturated rings. The van der Waals surface area contributed by atoms with Crippen LogP contribution in [0.25, 0.3) is 0 Å². The van der Waals surface area contributed by atoms with Crippen LogP contribution in [0, 0.1) is 6.92 Å². The Labute approximate surface area is 107 Å². The average Bonchev–Trinajstić information content (AvgIpc) is 2.58. The van der Waals surface area contributed by atoms with Crippen LogP contribution >= 0.6 is 12.4 Å². The van der Waals surface area contributed by atoms with Crippen LogP contribution in [0.1, 0.15) is 30.9 Å². The summed E-state index contributed by atoms with van der Waals surface area (Å²) in [4.78, 5) is 12.6. The molecule has 1 unspecified atom stereocenters. The van der Waals surface area contributed by atoms with Gasteiger partial charge in [0.05, 0.1) is 5.69 Å². The van der Waals surface area contributed by atoms with E-state index >= 15 is 0 Å². The van der Waals surface area contributed by atoms with E-state index in [0.29, 0.717) is 6.54 Å². The van der Waals surface area contributed by atoms with Gasteiger partial charge in [0.2, 0.25) is 0 Å². The largest absolute Gasteiger partial charge is 0.480 e. The molecule has 0 saturated carbocycles. The predicted octanol–water partition coefficient (Wildman–Crippen LogP) is 1.87. The van der Waals surface area contributed by atoms with Crippen molar-refractivity contribution in [2.24, 2.45) is 0 Å². The van der Waals surface area contributed by atoms with Crippen LogP contribution in [-0.2, 0) is 17.8 Å². The number of rotatable bonds is 5. The van der Waals surface area contributed by atoms with E-state index in [1.165, 1.54) is 0 Å². The van der Waals surface area contributed by atoms with Gasteiger partial charge in [0.15, 0.2) is 0 Å². The lowest BCUT2D eigenvalue weighted by atomic mass is 10.1. The van der Waals surface area contributed by atoms with Crippen molar-refractivity contribution in [1.82, 2.24) is 10.1 Å². The minimum absolute atomic E-state index is 0. The zero-order valence-electron chi connectivity index (χ0n) is 10.6. The number of carbonyl (C=O) groups is 1. The van der Waals surface area contributed by atoms with E-state index in [2.05, 4.69) is 5.16 Å². The SMILES string of the molecule is CCc1noc(C)c1CN(C)C(C)C(=O)O.Cl. The summed E-state index contributed by atoms with van der Waals surface area (Å²) in [6.07, 6.45) is 0.794. The van der Waals surface area contributed by atoms with E-state index < -0.39 is 12.0 Å². The molecule has 0 saturated heterocycles. The van der Waals surface area contributed by atoms with Gasteiger partial charge in [-0.2, -0.15) is 0 Å². The Morgan fingerprint density at radius 3 is 2.65 bits per heavy atom. The second kappa shape index (κ2) is 6.61. The van der Waals surface area contributed by atoms with Gasteiger partial charge in [-0.15, -0.1) is 12.4 Å². The molecule has 0 spiro atoms. The lowest BCUT2D eigenvalue weighted by Gasteiger charge is -2.20. The zero-order valence-corrected chi connectivity index (χ0v) is 11.4. The van der Waals surface area contributed by atoms with Crippen LogP contribution in [0.4, 0.5) is 0 Å². The van der Waals surface area contributed by atoms with E-state index in [9.17, 15) is 4.79 Å². The smallest absolute Gasteiger partial charge is 0.320 e. The number of aromatic nitrogens is 1. The van der Waals surface area contributed by atoms with Crippen molar-refractivity contribution in [3.05, 3.63) is 17.0 Å². The van der Waals surface area contributed by atoms with Crippen molar-refractivity contribution in [2.45, 2.75) is 39.8 Å². The first kappa shape index (κ1) is 15.9. The first-order chi connectivity index (χ1) is 7.47. The zero-order chi connectivity index (χ0) is 12.3. The van der Waals surface area contributed by atoms with Crippen molar-refractivity contribution in [2.75, 3.05) is 7.05 Å². The van der Waals surface area contributed by atoms with Crippen LogP contribution in [0.15, 0.2) is 4.52 Å². The summed E-state index contributed by atoms with van der Waals surface area (Å²) in [5, 5.41) is 12.8. The van der Waals surface area contributed by atoms with Crippen molar-refractivity contribution in [1.29, 1.82) is 0 Å². The maximum absolute atomic E-state index is 10.8. The van der Waals surface area contributed by atoms with Gasteiger partial charge in [0.1, 0.15) is 11.8 Å². The molecule has 1 aromatic heterocycles. The summed E-state index contributed by atoms with van der Waals surface area (Å²) in [6.45, 7) is 6.06. The van der Waals surface area contributed by atoms with Gasteiger partial charge in [-0.3, -0.25) is 9.69 Å². The fourth-order valence-corrected chi connectivity index (χ4v) is 1.49. The molecule has 0 aliphatic heterocycles. The Morgan fingerprint density at radius 1 is 1.59 bits per heavy atom. The van der Waals surface area contributed by atoms with Gasteiger partial charge < -0.3 is 9.63 Å². The second-order valence-electron chi connectivity index (χ2n) is 3.95. The number of carboxylic acids is 1. The minimum Gasteiger partial charge on any atom is -0.480 e. The Morgan fingerprint density at radius 2 is 2.18 bits per heavy atom. The van der Waals surface area contributed by atoms with E-state index in [0.717, 1.165) is 23.4 Å². The molecular formula is C11H19ClN2O3. The van der Waals surface area contributed by atoms with Crippen molar-refractivity contribution >= 4 is 18.4 Å². The summed E-state index contributed by atoms with van der Waals surface area (Å²) in [5.41, 5.74) is 1.90. The normalized spacial score (nSPS) is 12.3. The number of nitrogens with zero attached hydrogens (tertiary/aromatic N) is 2. The molecule has 1 N–H and O–H groups in total. The maximum Gasteiger partial charge on any atom is 0.320 e. The van der Waals surface area contributed by atoms with E-state index in [1.54, 1.807) is 18.9 Å². The van der Waals surface area contributed by atoms with Crippen LogP contribution in [0.2, 0.25) is 0 Å². The van der Waals surface area contributed by atoms with Gasteiger partial charge >= 0.3 is 5.97 Å². The molecular weight excluding hydrogens is 244 g/mol. The van der Waals surface area contributed by atoms with Crippen molar-refractivity contribution in [3.8, 4) is 0 Å². The van der Waals surface area contributed by atoms with Crippen LogP contribution in [0.5, 0.6) is 0 Å². The van der Waals surface area contributed by atoms with Gasteiger partial charge in [-0.1, -0.05) is 12.1 Å². The van der Waals surface area contributed by atoms with Gasteiger partial charge in [0.25, 0.3) is 0 Å². The first-order valence-electron chi connectivity index (χ1n) is 5.34. The van der Waals surface area contributed by atoms with E-state index in [-0.39, 0.29) is 12.4 Å². The molecule has 5 nitrogen and oxygen atoms in total. The van der Waals surface area contributed by atoms with Crippen LogP contribution < -0.4 is 0 Å². The standard InChI is InChI=1S/C11H18N2O3.ClH/c1-5-10-9(8(3)16-12-10)6-13(4)7(2)11(14)15;/h7H,5-6H2,1-4H3,(H,14,15);1H. The third kappa shape index (κ3) is 3.71. The Balaban J connectivity index is 0.00000256. The molecule has 1 heterocycles. The number of hydrogen-bond acceptors (Lipinski definition) is 4. The molecule has 1 rings (SSSR count). The monoisotopic (exact) mass is 262 g/mol. The highest BCUT2D eigenvalue weighted by Crippen LogP contribution is 2.16. The number of likely N-dealkylation sites (N-methyl/N-ethyl adjacent to an activating group) is 1. The lowest BCUT2D eigenvalue weighted by Crippen LogP contribution is -2.35. The fraction of sp³-hybridized carbons (Fsp3) is 0.636. The number of carboxylic acid groups (broad SMARTS) is 1. The molecule has 0 radical (unpaired) electrons. The summed E-state index contributed by atoms with van der Waals surface area (Å²) < 4.78 is 5.10. The molecule has 0 aliphatic rings. The Kier molecular flexibility index (Phi) is 6.20. The molecule has 1 atom stereocenters. The fourth-order valence-electron chi connectivity index (χ4n) is 1.49. The Bertz CT molecular complexity index is 379. The predicted molar refractivity (Wildman–Crippen MR) is 66.4 cm³/mol. The molecule has 17 heavy (non-hydrogen) atoms. The minimum atomic E-state index is -0.824. The molecule has 0 aromatic carbocycles. The topological polar surface area (TPSA) is 66.6 Å². The molecule has 0 bridgehead atoms. The summed E-state index contributed by atoms with van der Waals surface area (Å²) in [7, 11) is 1.78. The molecule has 1 aromatic rings. The number of halogens is 1. The number of hydrogen-bond donors (Lipinski definition) is 1. The van der Waals surface area contributed by atoms with Crippen LogP contribution in [0.3, 0.4) is 0 Å². The van der Waals surface area contributed by atoms with E-state index in [1.807, 2.05) is 13.8 Å². The second-order valence-corrected chi connectivity index (χ2v) is 3.95. The summed E-state index contributed by atoms with van der Waals surface area (Å²) >= 11 is 0. The summed E-state index contributed by atoms with van der Waals surface area (Å²) in [6, 6.07) is -0.515. The average molecular weight is 263 g/mol. The van der Waals surface area contributed by atoms with Crippen molar-refractivity contribution in [3.63, 3.8) is 0 Å². The molecule has 98 valence electrons. The maximum atomic E-state index is 10.8. The molecule has 0 aliphatic carbocycles. The number of aliphatic carboxylic acids is 1. The van der Waals surface area contributed by atoms with Gasteiger partial charge in [-0.05, 0) is 27.3 Å². The van der Waals surface area contributed by atoms with E-state index in [4.69, 9.17) is 9.63 Å². The first-order valence-corrected chi connectivity index (χ1v) is 5.34. The molecule has 6 heteroatoms. The third-order valence-corrected chi connectivity index (χ3v) is 2.83. The lowest BCUT2D eigenvalue weighted by molar-refractivity contribution is -0.142. The highest BCUT2D eigenvalue weighted by molar-refractivity contribution is 5.85. The highest BCUT2D eigenvalue weighted by atomic mass is 35.5. The van der Waals surface area contributed by atoms with Crippen LogP contribution in [-0.4, -0.2) is 34.2 Å². The molecule has 0 amide bonds. The quantitative estimate of drug-likeness (QED) is 0.878. The third-order valence-electron chi connectivity index (χ3n) is 2.83. The number of aryl methyl sites for hydroxylation is 2. The van der Waals surface area contributed by atoms with Crippen molar-refractivity contribution < 1.29 is 14.4 Å². The highest BCUT2D eigenvalue weighted by Gasteiger charge is 2.20. The van der Waals surface area contributed by atoms with Gasteiger partial charge in [-0.25, -0.2) is 0 Å². The van der Waals surface area contributed by atoms with Gasteiger partial charge in [0, 0.05) is 12.1 Å². The Hall–Kier alpha value is -1.07.